The molecule has 94 valence electrons. The van der Waals surface area contributed by atoms with Gasteiger partial charge in [0, 0.05) is 31.7 Å². The maximum Gasteiger partial charge on any atom is 0.257 e. The van der Waals surface area contributed by atoms with Gasteiger partial charge in [0.15, 0.2) is 0 Å². The monoisotopic (exact) mass is 245 g/mol. The number of amides is 1. The van der Waals surface area contributed by atoms with Gasteiger partial charge in [-0.05, 0) is 12.8 Å². The van der Waals surface area contributed by atoms with Crippen molar-refractivity contribution in [2.24, 2.45) is 7.05 Å². The van der Waals surface area contributed by atoms with Gasteiger partial charge in [0.1, 0.15) is 5.82 Å². The Hall–Kier alpha value is -2.11. The number of carbonyl (C=O) groups excluding carboxylic acids is 1. The molecular weight excluding hydrogens is 230 g/mol. The molecule has 0 radical (unpaired) electrons. The molecule has 0 unspecified atom stereocenters. The highest BCUT2D eigenvalue weighted by Gasteiger charge is 2.34. The van der Waals surface area contributed by atoms with E-state index in [1.54, 1.807) is 18.6 Å². The number of nitrogens with zero attached hydrogens (tertiary/aromatic N) is 4. The first-order valence-corrected chi connectivity index (χ1v) is 6.01. The molecule has 1 amide bonds. The Labute approximate surface area is 105 Å². The van der Waals surface area contributed by atoms with Crippen LogP contribution in [0.3, 0.4) is 0 Å². The van der Waals surface area contributed by atoms with Gasteiger partial charge in [-0.3, -0.25) is 9.89 Å². The summed E-state index contributed by atoms with van der Waals surface area (Å²) in [6, 6.07) is 0.351. The first-order chi connectivity index (χ1) is 8.75. The quantitative estimate of drug-likeness (QED) is 0.872. The number of aryl methyl sites for hydroxylation is 1. The molecule has 18 heavy (non-hydrogen) atoms. The number of imidazole rings is 1. The van der Waals surface area contributed by atoms with Crippen LogP contribution in [0, 0.1) is 0 Å². The van der Waals surface area contributed by atoms with Crippen molar-refractivity contribution in [3.8, 4) is 0 Å². The van der Waals surface area contributed by atoms with Crippen LogP contribution in [0.1, 0.15) is 29.0 Å². The van der Waals surface area contributed by atoms with Crippen molar-refractivity contribution < 1.29 is 4.79 Å². The molecule has 2 aromatic heterocycles. The summed E-state index contributed by atoms with van der Waals surface area (Å²) in [7, 11) is 1.94. The summed E-state index contributed by atoms with van der Waals surface area (Å²) in [5.74, 6) is 0.924. The predicted molar refractivity (Wildman–Crippen MR) is 64.7 cm³/mol. The minimum absolute atomic E-state index is 0.0225. The van der Waals surface area contributed by atoms with Crippen LogP contribution in [0.25, 0.3) is 0 Å². The molecule has 6 heteroatoms. The van der Waals surface area contributed by atoms with Crippen LogP contribution in [0.4, 0.5) is 0 Å². The van der Waals surface area contributed by atoms with E-state index in [1.807, 2.05) is 22.7 Å². The Balaban J connectivity index is 1.81. The van der Waals surface area contributed by atoms with Crippen LogP contribution < -0.4 is 0 Å². The standard InChI is InChI=1S/C12H15N5O/c1-16-5-4-13-11(16)8-17(10-2-3-10)12(18)9-6-14-15-7-9/h4-7,10H,2-3,8H2,1H3,(H,14,15). The third-order valence-electron chi connectivity index (χ3n) is 3.23. The van der Waals surface area contributed by atoms with E-state index < -0.39 is 0 Å². The van der Waals surface area contributed by atoms with Crippen molar-refractivity contribution >= 4 is 5.91 Å². The molecule has 0 aliphatic heterocycles. The normalized spacial score (nSPS) is 14.7. The second-order valence-corrected chi connectivity index (χ2v) is 4.61. The first kappa shape index (κ1) is 11.0. The van der Waals surface area contributed by atoms with E-state index >= 15 is 0 Å². The van der Waals surface area contributed by atoms with Gasteiger partial charge < -0.3 is 9.47 Å². The maximum atomic E-state index is 12.4. The van der Waals surface area contributed by atoms with Crippen molar-refractivity contribution in [1.29, 1.82) is 0 Å². The van der Waals surface area contributed by atoms with Gasteiger partial charge in [-0.2, -0.15) is 5.10 Å². The largest absolute Gasteiger partial charge is 0.337 e. The summed E-state index contributed by atoms with van der Waals surface area (Å²) in [6.07, 6.45) is 9.00. The number of carbonyl (C=O) groups is 1. The van der Waals surface area contributed by atoms with Gasteiger partial charge in [-0.25, -0.2) is 4.98 Å². The predicted octanol–water partition coefficient (Wildman–Crippen LogP) is 0.948. The fraction of sp³-hybridized carbons (Fsp3) is 0.417. The van der Waals surface area contributed by atoms with Crippen LogP contribution in [-0.4, -0.2) is 36.6 Å². The molecule has 1 saturated carbocycles. The van der Waals surface area contributed by atoms with E-state index in [0.717, 1.165) is 18.7 Å². The minimum Gasteiger partial charge on any atom is -0.337 e. The summed E-state index contributed by atoms with van der Waals surface area (Å²) in [6.45, 7) is 0.554. The smallest absolute Gasteiger partial charge is 0.257 e. The second kappa shape index (κ2) is 4.29. The first-order valence-electron chi connectivity index (χ1n) is 6.01. The summed E-state index contributed by atoms with van der Waals surface area (Å²) >= 11 is 0. The number of nitrogens with one attached hydrogen (secondary N) is 1. The topological polar surface area (TPSA) is 66.8 Å². The average Bonchev–Trinajstić information content (AvgIpc) is 2.90. The highest BCUT2D eigenvalue weighted by molar-refractivity contribution is 5.94. The number of aromatic nitrogens is 4. The zero-order valence-electron chi connectivity index (χ0n) is 10.2. The molecule has 2 aromatic rings. The summed E-state index contributed by atoms with van der Waals surface area (Å²) < 4.78 is 1.94. The molecule has 3 rings (SSSR count). The Morgan fingerprint density at radius 3 is 3.00 bits per heavy atom. The van der Waals surface area contributed by atoms with Gasteiger partial charge in [0.05, 0.1) is 18.3 Å². The molecule has 0 aromatic carbocycles. The molecule has 1 fully saturated rings. The Bertz CT molecular complexity index is 541. The lowest BCUT2D eigenvalue weighted by Crippen LogP contribution is -2.33. The van der Waals surface area contributed by atoms with E-state index in [-0.39, 0.29) is 5.91 Å². The molecule has 6 nitrogen and oxygen atoms in total. The Morgan fingerprint density at radius 1 is 1.61 bits per heavy atom. The summed E-state index contributed by atoms with van der Waals surface area (Å²) in [4.78, 5) is 18.5. The van der Waals surface area contributed by atoms with Gasteiger partial charge in [-0.15, -0.1) is 0 Å². The summed E-state index contributed by atoms with van der Waals surface area (Å²) in [5, 5.41) is 6.50. The number of hydrogen-bond acceptors (Lipinski definition) is 3. The Morgan fingerprint density at radius 2 is 2.44 bits per heavy atom. The number of aromatic amines is 1. The van der Waals surface area contributed by atoms with Crippen molar-refractivity contribution in [2.75, 3.05) is 0 Å². The van der Waals surface area contributed by atoms with Gasteiger partial charge in [0.2, 0.25) is 0 Å². The lowest BCUT2D eigenvalue weighted by Gasteiger charge is -2.21. The average molecular weight is 245 g/mol. The zero-order valence-corrected chi connectivity index (χ0v) is 10.2. The van der Waals surface area contributed by atoms with Crippen LogP contribution >= 0.6 is 0 Å². The van der Waals surface area contributed by atoms with E-state index in [4.69, 9.17) is 0 Å². The number of rotatable bonds is 4. The fourth-order valence-electron chi connectivity index (χ4n) is 1.99. The third-order valence-corrected chi connectivity index (χ3v) is 3.23. The summed E-state index contributed by atoms with van der Waals surface area (Å²) in [5.41, 5.74) is 0.608. The number of H-pyrrole nitrogens is 1. The van der Waals surface area contributed by atoms with E-state index in [0.29, 0.717) is 18.2 Å². The van der Waals surface area contributed by atoms with Gasteiger partial charge in [-0.1, -0.05) is 0 Å². The molecule has 0 atom stereocenters. The Kier molecular flexibility index (Phi) is 2.62. The molecule has 1 N–H and O–H groups in total. The molecule has 1 aliphatic rings. The molecule has 2 heterocycles. The molecule has 1 aliphatic carbocycles. The maximum absolute atomic E-state index is 12.4. The van der Waals surface area contributed by atoms with Crippen LogP contribution in [0.5, 0.6) is 0 Å². The van der Waals surface area contributed by atoms with Crippen molar-refractivity contribution in [3.05, 3.63) is 36.2 Å². The zero-order chi connectivity index (χ0) is 12.5. The molecule has 0 saturated heterocycles. The van der Waals surface area contributed by atoms with Crippen molar-refractivity contribution in [1.82, 2.24) is 24.6 Å². The second-order valence-electron chi connectivity index (χ2n) is 4.61. The van der Waals surface area contributed by atoms with Crippen LogP contribution in [0.15, 0.2) is 24.8 Å². The molecule has 0 bridgehead atoms. The SMILES string of the molecule is Cn1ccnc1CN(C(=O)c1cn[nH]c1)C1CC1. The van der Waals surface area contributed by atoms with Crippen molar-refractivity contribution in [3.63, 3.8) is 0 Å². The van der Waals surface area contributed by atoms with Crippen LogP contribution in [-0.2, 0) is 13.6 Å². The van der Waals surface area contributed by atoms with Gasteiger partial charge >= 0.3 is 0 Å². The van der Waals surface area contributed by atoms with Crippen LogP contribution in [0.2, 0.25) is 0 Å². The van der Waals surface area contributed by atoms with E-state index in [1.165, 1.54) is 0 Å². The lowest BCUT2D eigenvalue weighted by atomic mass is 10.3. The number of hydrogen-bond donors (Lipinski definition) is 1. The minimum atomic E-state index is 0.0225. The highest BCUT2D eigenvalue weighted by Crippen LogP contribution is 2.29. The molecule has 0 spiro atoms. The highest BCUT2D eigenvalue weighted by atomic mass is 16.2. The van der Waals surface area contributed by atoms with Gasteiger partial charge in [0.25, 0.3) is 5.91 Å². The third kappa shape index (κ3) is 2.01. The molecular formula is C12H15N5O. The van der Waals surface area contributed by atoms with E-state index in [2.05, 4.69) is 15.2 Å². The van der Waals surface area contributed by atoms with Crippen molar-refractivity contribution in [2.45, 2.75) is 25.4 Å². The van der Waals surface area contributed by atoms with E-state index in [9.17, 15) is 4.79 Å². The lowest BCUT2D eigenvalue weighted by molar-refractivity contribution is 0.0724. The fourth-order valence-corrected chi connectivity index (χ4v) is 1.99.